The van der Waals surface area contributed by atoms with Crippen LogP contribution in [-0.4, -0.2) is 72.3 Å². The highest BCUT2D eigenvalue weighted by atomic mass is 16.2. The minimum absolute atomic E-state index is 0.0865. The van der Waals surface area contributed by atoms with Crippen molar-refractivity contribution < 1.29 is 9.59 Å². The fourth-order valence-electron chi connectivity index (χ4n) is 4.78. The molecular weight excluding hydrogens is 338 g/mol. The molecule has 0 N–H and O–H groups in total. The Kier molecular flexibility index (Phi) is 4.81. The molecule has 5 nitrogen and oxygen atoms in total. The first-order valence-electron chi connectivity index (χ1n) is 10.0. The number of piperidine rings is 1. The van der Waals surface area contributed by atoms with Crippen molar-refractivity contribution in [2.24, 2.45) is 5.92 Å². The van der Waals surface area contributed by atoms with E-state index < -0.39 is 0 Å². The molecule has 2 aliphatic heterocycles. The molecule has 2 atom stereocenters. The van der Waals surface area contributed by atoms with E-state index >= 15 is 0 Å². The van der Waals surface area contributed by atoms with Crippen molar-refractivity contribution in [2.75, 3.05) is 45.8 Å². The molecule has 2 heterocycles. The number of rotatable bonds is 3. The molecule has 5 heteroatoms. The van der Waals surface area contributed by atoms with Crippen molar-refractivity contribution in [1.29, 1.82) is 0 Å². The highest BCUT2D eigenvalue weighted by molar-refractivity contribution is 6.35. The summed E-state index contributed by atoms with van der Waals surface area (Å²) in [5.41, 5.74) is 2.65. The number of carbonyl (C=O) groups excluding carboxylic acids is 2. The molecule has 1 aliphatic carbocycles. The fraction of sp³-hybridized carbons (Fsp3) is 0.545. The van der Waals surface area contributed by atoms with Gasteiger partial charge in [0.2, 0.25) is 0 Å². The van der Waals surface area contributed by atoms with Gasteiger partial charge in [-0.3, -0.25) is 14.5 Å². The maximum atomic E-state index is 12.9. The second-order valence-electron chi connectivity index (χ2n) is 8.34. The Morgan fingerprint density at radius 1 is 1.11 bits per heavy atom. The Bertz CT molecular complexity index is 744. The Hall–Kier alpha value is -2.14. The zero-order valence-corrected chi connectivity index (χ0v) is 16.2. The van der Waals surface area contributed by atoms with E-state index in [1.54, 1.807) is 9.80 Å². The van der Waals surface area contributed by atoms with Crippen LogP contribution in [0.1, 0.15) is 24.0 Å². The van der Waals surface area contributed by atoms with Crippen LogP contribution in [0.2, 0.25) is 0 Å². The number of likely N-dealkylation sites (tertiary alicyclic amines) is 1. The number of hydrogen-bond acceptors (Lipinski definition) is 3. The average Bonchev–Trinajstić information content (AvgIpc) is 3.32. The number of carbonyl (C=O) groups is 2. The van der Waals surface area contributed by atoms with Gasteiger partial charge in [0.1, 0.15) is 0 Å². The van der Waals surface area contributed by atoms with E-state index in [0.717, 1.165) is 39.0 Å². The molecule has 0 radical (unpaired) electrons. The summed E-state index contributed by atoms with van der Waals surface area (Å²) in [6.45, 7) is 11.2. The van der Waals surface area contributed by atoms with Gasteiger partial charge in [0, 0.05) is 51.2 Å². The highest BCUT2D eigenvalue weighted by Gasteiger charge is 2.62. The van der Waals surface area contributed by atoms with E-state index in [-0.39, 0.29) is 17.2 Å². The number of fused-ring (bicyclic) bond motifs is 1. The lowest BCUT2D eigenvalue weighted by Crippen LogP contribution is -2.46. The smallest absolute Gasteiger partial charge is 0.312 e. The molecule has 1 aromatic rings. The molecule has 4 rings (SSSR count). The van der Waals surface area contributed by atoms with Gasteiger partial charge in [-0.1, -0.05) is 35.9 Å². The van der Waals surface area contributed by atoms with Gasteiger partial charge in [-0.2, -0.15) is 0 Å². The molecule has 27 heavy (non-hydrogen) atoms. The Morgan fingerprint density at radius 3 is 2.59 bits per heavy atom. The third-order valence-corrected chi connectivity index (χ3v) is 6.51. The van der Waals surface area contributed by atoms with Crippen LogP contribution >= 0.6 is 0 Å². The van der Waals surface area contributed by atoms with Crippen molar-refractivity contribution in [2.45, 2.75) is 25.2 Å². The molecule has 3 fully saturated rings. The summed E-state index contributed by atoms with van der Waals surface area (Å²) in [5, 5.41) is 0. The van der Waals surface area contributed by atoms with Gasteiger partial charge in [0.25, 0.3) is 0 Å². The Labute approximate surface area is 161 Å². The molecule has 1 aromatic carbocycles. The van der Waals surface area contributed by atoms with Crippen LogP contribution in [0.3, 0.4) is 0 Å². The first-order valence-corrected chi connectivity index (χ1v) is 10.0. The molecule has 2 unspecified atom stereocenters. The highest BCUT2D eigenvalue weighted by Crippen LogP contribution is 2.59. The number of hydrogen-bond donors (Lipinski definition) is 0. The number of aryl methyl sites for hydroxylation is 1. The fourth-order valence-corrected chi connectivity index (χ4v) is 4.78. The number of benzene rings is 1. The first-order chi connectivity index (χ1) is 13.0. The molecule has 0 bridgehead atoms. The van der Waals surface area contributed by atoms with Gasteiger partial charge in [-0.25, -0.2) is 0 Å². The quantitative estimate of drug-likeness (QED) is 0.605. The van der Waals surface area contributed by atoms with Gasteiger partial charge < -0.3 is 9.80 Å². The average molecular weight is 367 g/mol. The molecule has 2 amide bonds. The van der Waals surface area contributed by atoms with Crippen molar-refractivity contribution >= 4 is 11.8 Å². The molecule has 1 saturated carbocycles. The SMILES string of the molecule is C=CCN1CCCN(C(=O)C(=O)N2CC3CC3(c3ccc(C)cc3)C2)CC1. The minimum Gasteiger partial charge on any atom is -0.333 e. The van der Waals surface area contributed by atoms with Gasteiger partial charge in [-0.05, 0) is 31.2 Å². The lowest BCUT2D eigenvalue weighted by molar-refractivity contribution is -0.151. The summed E-state index contributed by atoms with van der Waals surface area (Å²) < 4.78 is 0. The van der Waals surface area contributed by atoms with Crippen molar-refractivity contribution in [3.8, 4) is 0 Å². The van der Waals surface area contributed by atoms with Crippen molar-refractivity contribution in [3.05, 3.63) is 48.0 Å². The lowest BCUT2D eigenvalue weighted by atomic mass is 9.94. The summed E-state index contributed by atoms with van der Waals surface area (Å²) in [4.78, 5) is 31.5. The summed E-state index contributed by atoms with van der Waals surface area (Å²) in [6.07, 6.45) is 3.93. The van der Waals surface area contributed by atoms with Crippen molar-refractivity contribution in [1.82, 2.24) is 14.7 Å². The summed E-state index contributed by atoms with van der Waals surface area (Å²) >= 11 is 0. The van der Waals surface area contributed by atoms with Crippen LogP contribution < -0.4 is 0 Å². The third-order valence-electron chi connectivity index (χ3n) is 6.51. The molecule has 2 saturated heterocycles. The molecular formula is C22H29N3O2. The summed E-state index contributed by atoms with van der Waals surface area (Å²) in [5.74, 6) is -0.133. The first kappa shape index (κ1) is 18.2. The maximum Gasteiger partial charge on any atom is 0.312 e. The third kappa shape index (κ3) is 3.41. The number of nitrogens with zero attached hydrogens (tertiary/aromatic N) is 3. The van der Waals surface area contributed by atoms with Gasteiger partial charge in [-0.15, -0.1) is 6.58 Å². The zero-order chi connectivity index (χ0) is 19.0. The summed E-state index contributed by atoms with van der Waals surface area (Å²) in [7, 11) is 0. The topological polar surface area (TPSA) is 43.9 Å². The molecule has 144 valence electrons. The maximum absolute atomic E-state index is 12.9. The van der Waals surface area contributed by atoms with E-state index in [1.807, 2.05) is 6.08 Å². The molecule has 3 aliphatic rings. The van der Waals surface area contributed by atoms with E-state index in [1.165, 1.54) is 11.1 Å². The van der Waals surface area contributed by atoms with Crippen LogP contribution in [0.25, 0.3) is 0 Å². The minimum atomic E-state index is -0.323. The van der Waals surface area contributed by atoms with Crippen LogP contribution in [0.15, 0.2) is 36.9 Å². The van der Waals surface area contributed by atoms with Gasteiger partial charge in [0.05, 0.1) is 0 Å². The second kappa shape index (κ2) is 7.12. The van der Waals surface area contributed by atoms with E-state index in [0.29, 0.717) is 25.6 Å². The van der Waals surface area contributed by atoms with Crippen LogP contribution in [0.4, 0.5) is 0 Å². The van der Waals surface area contributed by atoms with E-state index in [9.17, 15) is 9.59 Å². The lowest BCUT2D eigenvalue weighted by Gasteiger charge is -2.25. The Balaban J connectivity index is 1.38. The van der Waals surface area contributed by atoms with Crippen LogP contribution in [0.5, 0.6) is 0 Å². The molecule has 0 aromatic heterocycles. The molecule has 0 spiro atoms. The Morgan fingerprint density at radius 2 is 1.85 bits per heavy atom. The van der Waals surface area contributed by atoms with Crippen LogP contribution in [0, 0.1) is 12.8 Å². The zero-order valence-electron chi connectivity index (χ0n) is 16.2. The normalized spacial score (nSPS) is 27.8. The van der Waals surface area contributed by atoms with E-state index in [2.05, 4.69) is 42.7 Å². The van der Waals surface area contributed by atoms with Gasteiger partial charge >= 0.3 is 11.8 Å². The number of amides is 2. The van der Waals surface area contributed by atoms with E-state index in [4.69, 9.17) is 0 Å². The van der Waals surface area contributed by atoms with Crippen LogP contribution in [-0.2, 0) is 15.0 Å². The van der Waals surface area contributed by atoms with Crippen molar-refractivity contribution in [3.63, 3.8) is 0 Å². The largest absolute Gasteiger partial charge is 0.333 e. The van der Waals surface area contributed by atoms with Gasteiger partial charge in [0.15, 0.2) is 0 Å². The monoisotopic (exact) mass is 367 g/mol. The second-order valence-corrected chi connectivity index (χ2v) is 8.34. The standard InChI is InChI=1S/C22H29N3O2/c1-3-9-23-10-4-11-24(13-12-23)20(26)21(27)25-15-19-14-22(19,16-25)18-7-5-17(2)6-8-18/h3,5-8,19H,1,4,9-16H2,2H3. The summed E-state index contributed by atoms with van der Waals surface area (Å²) in [6, 6.07) is 8.66. The predicted octanol–water partition coefficient (Wildman–Crippen LogP) is 1.82. The predicted molar refractivity (Wildman–Crippen MR) is 105 cm³/mol.